The van der Waals surface area contributed by atoms with Crippen molar-refractivity contribution in [2.24, 2.45) is 5.41 Å². The van der Waals surface area contributed by atoms with Crippen molar-refractivity contribution in [2.45, 2.75) is 33.2 Å². The maximum atomic E-state index is 12.7. The summed E-state index contributed by atoms with van der Waals surface area (Å²) in [4.78, 5) is 14.4. The number of benzene rings is 1. The average molecular weight is 324 g/mol. The van der Waals surface area contributed by atoms with Crippen LogP contribution in [0, 0.1) is 23.7 Å². The molecule has 1 aromatic carbocycles. The second kappa shape index (κ2) is 6.40. The summed E-state index contributed by atoms with van der Waals surface area (Å²) in [7, 11) is 0. The van der Waals surface area contributed by atoms with Gasteiger partial charge in [-0.3, -0.25) is 4.79 Å². The van der Waals surface area contributed by atoms with Crippen molar-refractivity contribution in [1.82, 2.24) is 25.1 Å². The minimum absolute atomic E-state index is 0.0127. The number of amides is 1. The van der Waals surface area contributed by atoms with Gasteiger partial charge in [-0.2, -0.15) is 5.26 Å². The Morgan fingerprint density at radius 3 is 2.75 bits per heavy atom. The van der Waals surface area contributed by atoms with Crippen molar-refractivity contribution in [2.75, 3.05) is 13.1 Å². The van der Waals surface area contributed by atoms with Crippen LogP contribution in [-0.4, -0.2) is 44.1 Å². The molecule has 24 heavy (non-hydrogen) atoms. The molecule has 0 bridgehead atoms. The van der Waals surface area contributed by atoms with E-state index in [4.69, 9.17) is 0 Å². The fraction of sp³-hybridized carbons (Fsp3) is 0.471. The molecule has 0 aliphatic carbocycles. The molecular weight excluding hydrogens is 304 g/mol. The zero-order valence-corrected chi connectivity index (χ0v) is 13.9. The smallest absolute Gasteiger partial charge is 0.253 e. The Kier molecular flexibility index (Phi) is 4.30. The molecule has 0 spiro atoms. The van der Waals surface area contributed by atoms with Gasteiger partial charge >= 0.3 is 0 Å². The molecule has 0 saturated carbocycles. The first-order valence-electron chi connectivity index (χ1n) is 8.03. The Morgan fingerprint density at radius 2 is 2.12 bits per heavy atom. The second-order valence-corrected chi connectivity index (χ2v) is 6.58. The van der Waals surface area contributed by atoms with E-state index in [2.05, 4.69) is 21.6 Å². The third-order valence-electron chi connectivity index (χ3n) is 4.50. The molecule has 0 unspecified atom stereocenters. The Bertz CT molecular complexity index is 775. The van der Waals surface area contributed by atoms with Crippen LogP contribution in [0.5, 0.6) is 0 Å². The first-order chi connectivity index (χ1) is 11.5. The molecule has 7 nitrogen and oxygen atoms in total. The molecule has 3 rings (SSSR count). The third-order valence-corrected chi connectivity index (χ3v) is 4.50. The fourth-order valence-corrected chi connectivity index (χ4v) is 3.01. The van der Waals surface area contributed by atoms with E-state index in [1.165, 1.54) is 0 Å². The number of hydrogen-bond acceptors (Lipinski definition) is 5. The largest absolute Gasteiger partial charge is 0.337 e. The topological polar surface area (TPSA) is 87.7 Å². The highest BCUT2D eigenvalue weighted by Gasteiger charge is 2.33. The number of hydrogen-bond donors (Lipinski definition) is 0. The number of aryl methyl sites for hydroxylation is 1. The van der Waals surface area contributed by atoms with Crippen LogP contribution in [0.15, 0.2) is 24.3 Å². The van der Waals surface area contributed by atoms with Gasteiger partial charge in [-0.15, -0.1) is 5.10 Å². The number of tetrazole rings is 1. The van der Waals surface area contributed by atoms with E-state index in [0.29, 0.717) is 25.2 Å². The molecule has 7 heteroatoms. The van der Waals surface area contributed by atoms with E-state index < -0.39 is 5.41 Å². The molecule has 1 aliphatic rings. The van der Waals surface area contributed by atoms with Gasteiger partial charge in [-0.25, -0.2) is 4.68 Å². The lowest BCUT2D eigenvalue weighted by Gasteiger charge is -2.36. The van der Waals surface area contributed by atoms with Crippen molar-refractivity contribution in [3.63, 3.8) is 0 Å². The van der Waals surface area contributed by atoms with Gasteiger partial charge in [0.05, 0.1) is 18.0 Å². The van der Waals surface area contributed by atoms with E-state index in [1.807, 2.05) is 38.1 Å². The van der Waals surface area contributed by atoms with Crippen molar-refractivity contribution < 1.29 is 4.79 Å². The molecule has 124 valence electrons. The van der Waals surface area contributed by atoms with Crippen LogP contribution in [0.25, 0.3) is 0 Å². The predicted octanol–water partition coefficient (Wildman–Crippen LogP) is 1.80. The van der Waals surface area contributed by atoms with Crippen LogP contribution in [0.4, 0.5) is 0 Å². The lowest BCUT2D eigenvalue weighted by Crippen LogP contribution is -2.44. The number of carbonyl (C=O) groups excluding carboxylic acids is 1. The minimum Gasteiger partial charge on any atom is -0.337 e. The maximum absolute atomic E-state index is 12.7. The van der Waals surface area contributed by atoms with Gasteiger partial charge in [0.2, 0.25) is 0 Å². The summed E-state index contributed by atoms with van der Waals surface area (Å²) >= 11 is 0. The summed E-state index contributed by atoms with van der Waals surface area (Å²) in [5.41, 5.74) is 1.24. The Morgan fingerprint density at radius 1 is 1.38 bits per heavy atom. The summed E-state index contributed by atoms with van der Waals surface area (Å²) in [5.74, 6) is 0.737. The van der Waals surface area contributed by atoms with Crippen LogP contribution in [-0.2, 0) is 6.54 Å². The fourth-order valence-electron chi connectivity index (χ4n) is 3.01. The Balaban J connectivity index is 1.70. The zero-order chi connectivity index (χ0) is 17.2. The lowest BCUT2D eigenvalue weighted by atomic mass is 9.83. The molecule has 1 fully saturated rings. The zero-order valence-electron chi connectivity index (χ0n) is 13.9. The molecule has 1 saturated heterocycles. The number of nitriles is 1. The molecule has 0 radical (unpaired) electrons. The van der Waals surface area contributed by atoms with E-state index in [0.717, 1.165) is 24.2 Å². The van der Waals surface area contributed by atoms with E-state index in [9.17, 15) is 10.1 Å². The van der Waals surface area contributed by atoms with Crippen LogP contribution in [0.3, 0.4) is 0 Å². The first kappa shape index (κ1) is 16.1. The second-order valence-electron chi connectivity index (χ2n) is 6.58. The van der Waals surface area contributed by atoms with Gasteiger partial charge in [0, 0.05) is 18.7 Å². The van der Waals surface area contributed by atoms with Gasteiger partial charge < -0.3 is 4.90 Å². The molecule has 1 aliphatic heterocycles. The highest BCUT2D eigenvalue weighted by molar-refractivity contribution is 5.94. The molecule has 0 N–H and O–H groups in total. The standard InChI is InChI=1S/C17H20N6O/c1-13-19-20-21-23(13)10-14-4-6-15(7-5-14)16(24)22-9-3-8-17(2,11-18)12-22/h4-7H,3,8-10,12H2,1-2H3/t17-/m0/s1. The average Bonchev–Trinajstić information content (AvgIpc) is 3.00. The number of piperidine rings is 1. The van der Waals surface area contributed by atoms with Gasteiger partial charge in [-0.1, -0.05) is 12.1 Å². The highest BCUT2D eigenvalue weighted by atomic mass is 16.2. The number of rotatable bonds is 3. The number of aromatic nitrogens is 4. The summed E-state index contributed by atoms with van der Waals surface area (Å²) in [6.07, 6.45) is 1.71. The summed E-state index contributed by atoms with van der Waals surface area (Å²) < 4.78 is 1.71. The van der Waals surface area contributed by atoms with Crippen LogP contribution < -0.4 is 0 Å². The quantitative estimate of drug-likeness (QED) is 0.859. The predicted molar refractivity (Wildman–Crippen MR) is 87.0 cm³/mol. The third kappa shape index (κ3) is 3.27. The monoisotopic (exact) mass is 324 g/mol. The molecule has 1 aromatic heterocycles. The first-order valence-corrected chi connectivity index (χ1v) is 8.03. The highest BCUT2D eigenvalue weighted by Crippen LogP contribution is 2.29. The Hall–Kier alpha value is -2.75. The van der Waals surface area contributed by atoms with Gasteiger partial charge in [0.1, 0.15) is 5.82 Å². The van der Waals surface area contributed by atoms with E-state index in [1.54, 1.807) is 9.58 Å². The lowest BCUT2D eigenvalue weighted by molar-refractivity contribution is 0.0630. The van der Waals surface area contributed by atoms with Gasteiger partial charge in [0.25, 0.3) is 5.91 Å². The minimum atomic E-state index is -0.439. The molecule has 1 atom stereocenters. The van der Waals surface area contributed by atoms with Crippen molar-refractivity contribution in [3.8, 4) is 6.07 Å². The number of nitrogens with zero attached hydrogens (tertiary/aromatic N) is 6. The summed E-state index contributed by atoms with van der Waals surface area (Å²) in [6.45, 7) is 5.55. The number of carbonyl (C=O) groups is 1. The van der Waals surface area contributed by atoms with Crippen LogP contribution in [0.2, 0.25) is 0 Å². The SMILES string of the molecule is Cc1nnnn1Cc1ccc(C(=O)N2CCC[C@@](C)(C#N)C2)cc1. The van der Waals surface area contributed by atoms with E-state index in [-0.39, 0.29) is 5.91 Å². The van der Waals surface area contributed by atoms with Crippen molar-refractivity contribution in [3.05, 3.63) is 41.2 Å². The van der Waals surface area contributed by atoms with Crippen LogP contribution in [0.1, 0.15) is 41.5 Å². The van der Waals surface area contributed by atoms with Gasteiger partial charge in [0.15, 0.2) is 0 Å². The van der Waals surface area contributed by atoms with E-state index >= 15 is 0 Å². The molecule has 2 aromatic rings. The summed E-state index contributed by atoms with van der Waals surface area (Å²) in [5, 5.41) is 20.7. The normalized spacial score (nSPS) is 20.6. The van der Waals surface area contributed by atoms with Crippen LogP contribution >= 0.6 is 0 Å². The molecule has 2 heterocycles. The van der Waals surface area contributed by atoms with Gasteiger partial charge in [-0.05, 0) is 54.8 Å². The number of likely N-dealkylation sites (tertiary alicyclic amines) is 1. The maximum Gasteiger partial charge on any atom is 0.253 e. The summed E-state index contributed by atoms with van der Waals surface area (Å²) in [6, 6.07) is 9.84. The Labute approximate surface area is 140 Å². The molecular formula is C17H20N6O. The molecule has 1 amide bonds. The van der Waals surface area contributed by atoms with Crippen molar-refractivity contribution in [1.29, 1.82) is 5.26 Å². The van der Waals surface area contributed by atoms with Crippen molar-refractivity contribution >= 4 is 5.91 Å².